The fourth-order valence-corrected chi connectivity index (χ4v) is 9.52. The van der Waals surface area contributed by atoms with Crippen LogP contribution in [0.3, 0.4) is 0 Å². The highest BCUT2D eigenvalue weighted by atomic mass is 16.6. The number of hydrogen-bond acceptors (Lipinski definition) is 12. The van der Waals surface area contributed by atoms with E-state index < -0.39 is 36.7 Å². The van der Waals surface area contributed by atoms with Crippen LogP contribution < -0.4 is 10.6 Å². The SMILES string of the molecule is O=C(N[C@@H]1N=C(c2ccccc2)c2ccccc2CC1=O)O[C@H](CCN1CCOCC1)c1ccccc1.O=C(N[C@H]1N=C(c2ccccc2)c2ccccc2CC1=O)O[C@H](CCN1CCOCC1)c1ccccc1. The Morgan fingerprint density at radius 3 is 1.20 bits per heavy atom. The van der Waals surface area contributed by atoms with Crippen LogP contribution >= 0.6 is 0 Å². The molecule has 14 nitrogen and oxygen atoms in total. The van der Waals surface area contributed by atoms with Gasteiger partial charge in [-0.25, -0.2) is 9.59 Å². The Morgan fingerprint density at radius 2 is 0.824 bits per heavy atom. The molecule has 0 spiro atoms. The molecule has 6 aromatic rings. The van der Waals surface area contributed by atoms with E-state index in [0.29, 0.717) is 50.7 Å². The predicted molar refractivity (Wildman–Crippen MR) is 283 cm³/mol. The third kappa shape index (κ3) is 13.9. The number of hydrogen-bond donors (Lipinski definition) is 2. The fourth-order valence-electron chi connectivity index (χ4n) is 9.52. The number of fused-ring (bicyclic) bond motifs is 2. The van der Waals surface area contributed by atoms with Gasteiger partial charge in [0.2, 0.25) is 0 Å². The zero-order valence-corrected chi connectivity index (χ0v) is 41.4. The number of ether oxygens (including phenoxy) is 4. The van der Waals surface area contributed by atoms with E-state index in [0.717, 1.165) is 83.8 Å². The smallest absolute Gasteiger partial charge is 0.409 e. The maximum Gasteiger partial charge on any atom is 0.409 e. The Balaban J connectivity index is 0.000000182. The first-order valence-electron chi connectivity index (χ1n) is 25.5. The number of amides is 2. The van der Waals surface area contributed by atoms with Crippen LogP contribution in [0.2, 0.25) is 0 Å². The highest BCUT2D eigenvalue weighted by Gasteiger charge is 2.31. The molecule has 0 radical (unpaired) electrons. The van der Waals surface area contributed by atoms with Gasteiger partial charge >= 0.3 is 12.2 Å². The van der Waals surface area contributed by atoms with Crippen molar-refractivity contribution < 1.29 is 38.1 Å². The van der Waals surface area contributed by atoms with Gasteiger partial charge < -0.3 is 18.9 Å². The summed E-state index contributed by atoms with van der Waals surface area (Å²) in [6, 6.07) is 54.3. The van der Waals surface area contributed by atoms with Gasteiger partial charge in [0.1, 0.15) is 12.2 Å². The van der Waals surface area contributed by atoms with Crippen molar-refractivity contribution in [1.29, 1.82) is 0 Å². The molecular weight excluding hydrogens is 933 g/mol. The molecule has 4 aliphatic heterocycles. The van der Waals surface area contributed by atoms with Crippen molar-refractivity contribution in [2.24, 2.45) is 9.98 Å². The summed E-state index contributed by atoms with van der Waals surface area (Å²) in [6.45, 7) is 7.87. The zero-order valence-electron chi connectivity index (χ0n) is 41.4. The summed E-state index contributed by atoms with van der Waals surface area (Å²) in [5.74, 6) is -0.361. The van der Waals surface area contributed by atoms with Crippen LogP contribution in [0.1, 0.15) is 69.6 Å². The van der Waals surface area contributed by atoms with Gasteiger partial charge in [0.05, 0.1) is 37.9 Å². The first kappa shape index (κ1) is 51.3. The molecule has 10 rings (SSSR count). The Morgan fingerprint density at radius 1 is 0.486 bits per heavy atom. The lowest BCUT2D eigenvalue weighted by Crippen LogP contribution is -2.41. The number of nitrogens with zero attached hydrogens (tertiary/aromatic N) is 4. The fraction of sp³-hybridized carbons (Fsp3) is 0.300. The van der Waals surface area contributed by atoms with Crippen LogP contribution in [0.15, 0.2) is 180 Å². The third-order valence-corrected chi connectivity index (χ3v) is 13.5. The first-order valence-corrected chi connectivity index (χ1v) is 25.5. The molecule has 0 unspecified atom stereocenters. The number of benzene rings is 6. The second-order valence-electron chi connectivity index (χ2n) is 18.5. The maximum absolute atomic E-state index is 13.2. The summed E-state index contributed by atoms with van der Waals surface area (Å²) in [7, 11) is 0. The largest absolute Gasteiger partial charge is 0.441 e. The van der Waals surface area contributed by atoms with Gasteiger partial charge in [-0.1, -0.05) is 170 Å². The molecule has 380 valence electrons. The van der Waals surface area contributed by atoms with Crippen molar-refractivity contribution in [2.45, 2.75) is 50.2 Å². The average Bonchev–Trinajstić information content (AvgIpc) is 3.68. The number of ketones is 2. The number of carbonyl (C=O) groups excluding carboxylic acids is 4. The molecule has 2 fully saturated rings. The van der Waals surface area contributed by atoms with Crippen molar-refractivity contribution in [3.8, 4) is 0 Å². The topological polar surface area (TPSA) is 160 Å². The van der Waals surface area contributed by atoms with Gasteiger partial charge in [-0.2, -0.15) is 0 Å². The lowest BCUT2D eigenvalue weighted by molar-refractivity contribution is -0.120. The van der Waals surface area contributed by atoms with E-state index in [-0.39, 0.29) is 24.4 Å². The van der Waals surface area contributed by atoms with Crippen molar-refractivity contribution in [3.63, 3.8) is 0 Å². The molecule has 4 aliphatic rings. The minimum Gasteiger partial charge on any atom is -0.441 e. The second kappa shape index (κ2) is 25.9. The molecule has 2 saturated heterocycles. The summed E-state index contributed by atoms with van der Waals surface area (Å²) in [4.78, 5) is 66.7. The second-order valence-corrected chi connectivity index (χ2v) is 18.5. The van der Waals surface area contributed by atoms with Gasteiger partial charge in [0.15, 0.2) is 23.9 Å². The Labute approximate surface area is 432 Å². The van der Waals surface area contributed by atoms with Crippen molar-refractivity contribution in [1.82, 2.24) is 20.4 Å². The van der Waals surface area contributed by atoms with Crippen LogP contribution in [-0.4, -0.2) is 123 Å². The van der Waals surface area contributed by atoms with Crippen molar-refractivity contribution in [3.05, 3.63) is 214 Å². The van der Waals surface area contributed by atoms with Crippen LogP contribution in [0, 0.1) is 0 Å². The van der Waals surface area contributed by atoms with Crippen LogP contribution in [0.4, 0.5) is 9.59 Å². The number of Topliss-reactive ketones (excluding diaryl/α,β-unsaturated/α-hetero) is 2. The Hall–Kier alpha value is -7.62. The Kier molecular flexibility index (Phi) is 17.9. The van der Waals surface area contributed by atoms with E-state index in [1.807, 2.05) is 170 Å². The van der Waals surface area contributed by atoms with Crippen molar-refractivity contribution >= 4 is 35.2 Å². The third-order valence-electron chi connectivity index (χ3n) is 13.5. The van der Waals surface area contributed by atoms with Gasteiger partial charge in [0.25, 0.3) is 0 Å². The monoisotopic (exact) mass is 994 g/mol. The van der Waals surface area contributed by atoms with E-state index in [1.165, 1.54) is 0 Å². The molecule has 0 aromatic heterocycles. The van der Waals surface area contributed by atoms with E-state index >= 15 is 0 Å². The summed E-state index contributed by atoms with van der Waals surface area (Å²) in [5.41, 5.74) is 8.53. The highest BCUT2D eigenvalue weighted by molar-refractivity contribution is 6.17. The molecule has 4 atom stereocenters. The molecule has 0 bridgehead atoms. The van der Waals surface area contributed by atoms with E-state index in [9.17, 15) is 19.2 Å². The van der Waals surface area contributed by atoms with Crippen LogP contribution in [0.5, 0.6) is 0 Å². The summed E-state index contributed by atoms with van der Waals surface area (Å²) in [6.07, 6.45) is -2.64. The maximum atomic E-state index is 13.2. The zero-order chi connectivity index (χ0) is 50.9. The number of rotatable bonds is 14. The van der Waals surface area contributed by atoms with Gasteiger partial charge in [-0.05, 0) is 22.3 Å². The number of nitrogens with one attached hydrogen (secondary N) is 2. The number of aliphatic imine (C=N–C) groups is 2. The molecule has 2 N–H and O–H groups in total. The quantitative estimate of drug-likeness (QED) is 0.109. The Bertz CT molecular complexity index is 2680. The van der Waals surface area contributed by atoms with E-state index in [1.54, 1.807) is 0 Å². The molecule has 4 heterocycles. The number of carbonyl (C=O) groups is 4. The normalized spacial score (nSPS) is 18.8. The van der Waals surface area contributed by atoms with E-state index in [2.05, 4.69) is 20.4 Å². The minimum absolute atomic E-state index is 0.181. The molecule has 14 heteroatoms. The standard InChI is InChI=1S/2C30H31N3O4/c2*34-26-21-24-13-7-8-14-25(24)28(23-11-5-2-6-12-23)31-29(26)32-30(35)37-27(22-9-3-1-4-10-22)15-16-33-17-19-36-20-18-33/h2*1-14,27,29H,15-21H2,(H,32,35)/t27-,29+;27-,29-/m11/s1. The van der Waals surface area contributed by atoms with Gasteiger partial charge in [-0.15, -0.1) is 0 Å². The summed E-state index contributed by atoms with van der Waals surface area (Å²) in [5, 5.41) is 5.50. The lowest BCUT2D eigenvalue weighted by Gasteiger charge is -2.28. The molecular formula is C60H62N6O8. The molecule has 0 saturated carbocycles. The highest BCUT2D eigenvalue weighted by Crippen LogP contribution is 2.27. The molecule has 74 heavy (non-hydrogen) atoms. The molecule has 6 aromatic carbocycles. The van der Waals surface area contributed by atoms with Gasteiger partial charge in [0, 0.05) is 87.2 Å². The van der Waals surface area contributed by atoms with Gasteiger partial charge in [-0.3, -0.25) is 40.0 Å². The first-order chi connectivity index (χ1) is 36.3. The molecule has 0 aliphatic carbocycles. The van der Waals surface area contributed by atoms with Crippen molar-refractivity contribution in [2.75, 3.05) is 65.7 Å². The minimum atomic E-state index is -1.04. The number of alkyl carbamates (subject to hydrolysis) is 2. The number of morpholine rings is 2. The molecule has 2 amide bonds. The van der Waals surface area contributed by atoms with Crippen LogP contribution in [-0.2, 0) is 41.4 Å². The summed E-state index contributed by atoms with van der Waals surface area (Å²) >= 11 is 0. The lowest BCUT2D eigenvalue weighted by atomic mass is 9.96. The summed E-state index contributed by atoms with van der Waals surface area (Å²) < 4.78 is 22.7. The van der Waals surface area contributed by atoms with E-state index in [4.69, 9.17) is 28.9 Å². The average molecular weight is 995 g/mol. The van der Waals surface area contributed by atoms with Crippen LogP contribution in [0.25, 0.3) is 0 Å². The predicted octanol–water partition coefficient (Wildman–Crippen LogP) is 8.33.